The molecule has 0 aromatic carbocycles. The zero-order valence-corrected chi connectivity index (χ0v) is 35.1. The number of hydrogen-bond acceptors (Lipinski definition) is 8. The van der Waals surface area contributed by atoms with Crippen LogP contribution in [-0.4, -0.2) is 68.3 Å². The number of phosphoric ester groups is 1. The van der Waals surface area contributed by atoms with Crippen molar-refractivity contribution in [3.63, 3.8) is 0 Å². The highest BCUT2D eigenvalue weighted by atomic mass is 31.2. The number of nitrogens with zero attached hydrogens (tertiary/aromatic N) is 1. The fraction of sp³-hybridized carbons (Fsp3) is 0.767. The molecule has 10 heteroatoms. The zero-order valence-electron chi connectivity index (χ0n) is 34.2. The number of phosphoric acid groups is 1. The molecule has 0 fully saturated rings. The Labute approximate surface area is 324 Å². The number of hydrogen-bond donors (Lipinski definition) is 1. The third kappa shape index (κ3) is 39.5. The van der Waals surface area contributed by atoms with E-state index in [9.17, 15) is 19.0 Å². The number of ether oxygens (including phenoxy) is 2. The molecule has 0 saturated heterocycles. The number of likely N-dealkylation sites (N-methyl/N-ethyl adjacent to an activating group) is 1. The predicted molar refractivity (Wildman–Crippen MR) is 220 cm³/mol. The molecular weight excluding hydrogens is 689 g/mol. The van der Waals surface area contributed by atoms with Crippen molar-refractivity contribution in [2.45, 2.75) is 174 Å². The minimum absolute atomic E-state index is 0.00299. The van der Waals surface area contributed by atoms with Gasteiger partial charge in [0, 0.05) is 19.4 Å². The van der Waals surface area contributed by atoms with E-state index in [0.29, 0.717) is 19.4 Å². The van der Waals surface area contributed by atoms with Crippen LogP contribution in [0.3, 0.4) is 0 Å². The summed E-state index contributed by atoms with van der Waals surface area (Å²) in [6, 6.07) is 0. The normalized spacial score (nSPS) is 13.9. The first-order valence-corrected chi connectivity index (χ1v) is 22.4. The van der Waals surface area contributed by atoms with Crippen LogP contribution < -0.4 is 0 Å². The van der Waals surface area contributed by atoms with Gasteiger partial charge in [-0.1, -0.05) is 133 Å². The molecule has 0 spiro atoms. The van der Waals surface area contributed by atoms with Gasteiger partial charge in [-0.15, -0.1) is 0 Å². The molecule has 9 nitrogen and oxygen atoms in total. The Morgan fingerprint density at radius 3 is 1.60 bits per heavy atom. The topological polar surface area (TPSA) is 112 Å². The van der Waals surface area contributed by atoms with Crippen LogP contribution in [0, 0.1) is 0 Å². The molecule has 0 aliphatic carbocycles. The molecule has 0 aromatic rings. The molecule has 0 aliphatic heterocycles. The number of carbonyl (C=O) groups excluding carboxylic acids is 2. The van der Waals surface area contributed by atoms with Crippen molar-refractivity contribution in [1.29, 1.82) is 0 Å². The molecule has 0 amide bonds. The fourth-order valence-corrected chi connectivity index (χ4v) is 6.08. The molecule has 0 radical (unpaired) electrons. The molecule has 0 heterocycles. The lowest BCUT2D eigenvalue weighted by atomic mass is 10.1. The van der Waals surface area contributed by atoms with E-state index in [2.05, 4.69) is 62.5 Å². The minimum Gasteiger partial charge on any atom is -0.462 e. The summed E-state index contributed by atoms with van der Waals surface area (Å²) in [5.74, 6) is -0.877. The van der Waals surface area contributed by atoms with E-state index >= 15 is 0 Å². The second kappa shape index (κ2) is 38.3. The standard InChI is InChI=1S/C43H78NO8P/c1-5-7-9-11-13-15-17-19-20-21-22-24-25-27-29-31-33-35-42(45)49-39-41(40-51-53(47,48)50-38-37-44(3)4)52-43(46)36-34-32-30-28-26-23-18-16-14-12-10-8-6-2/h16,18-20,22,24,27,29,41H,5-15,17,21,23,25-26,28,30-40H2,1-4H3,(H,47,48)/b18-16-,20-19-,24-22-,29-27-. The third-order valence-electron chi connectivity index (χ3n) is 8.61. The lowest BCUT2D eigenvalue weighted by molar-refractivity contribution is -0.161. The third-order valence-corrected chi connectivity index (χ3v) is 9.59. The van der Waals surface area contributed by atoms with Gasteiger partial charge in [-0.05, 0) is 84.7 Å². The number of allylic oxidation sites excluding steroid dienone is 8. The van der Waals surface area contributed by atoms with Gasteiger partial charge in [0.05, 0.1) is 13.2 Å². The van der Waals surface area contributed by atoms with Gasteiger partial charge in [-0.25, -0.2) is 4.57 Å². The highest BCUT2D eigenvalue weighted by Crippen LogP contribution is 2.43. The Balaban J connectivity index is 4.41. The molecule has 2 unspecified atom stereocenters. The van der Waals surface area contributed by atoms with Gasteiger partial charge in [0.15, 0.2) is 6.10 Å². The Hall–Kier alpha value is -2.03. The quantitative estimate of drug-likeness (QED) is 0.0284. The van der Waals surface area contributed by atoms with Crippen molar-refractivity contribution in [1.82, 2.24) is 4.90 Å². The Kier molecular flexibility index (Phi) is 36.8. The van der Waals surface area contributed by atoms with Crippen LogP contribution in [0.15, 0.2) is 48.6 Å². The van der Waals surface area contributed by atoms with Gasteiger partial charge in [0.25, 0.3) is 0 Å². The van der Waals surface area contributed by atoms with Crippen LogP contribution in [-0.2, 0) is 32.7 Å². The van der Waals surface area contributed by atoms with Gasteiger partial charge in [0.2, 0.25) is 0 Å². The maximum absolute atomic E-state index is 12.6. The second-order valence-electron chi connectivity index (χ2n) is 14.2. The molecule has 1 N–H and O–H groups in total. The lowest BCUT2D eigenvalue weighted by Crippen LogP contribution is -2.29. The lowest BCUT2D eigenvalue weighted by Gasteiger charge is -2.20. The van der Waals surface area contributed by atoms with Gasteiger partial charge < -0.3 is 19.3 Å². The average molecular weight is 768 g/mol. The zero-order chi connectivity index (χ0) is 39.1. The van der Waals surface area contributed by atoms with Crippen LogP contribution in [0.1, 0.15) is 168 Å². The first kappa shape index (κ1) is 51.0. The summed E-state index contributed by atoms with van der Waals surface area (Å²) in [7, 11) is -0.739. The molecule has 308 valence electrons. The maximum Gasteiger partial charge on any atom is 0.472 e. The van der Waals surface area contributed by atoms with Crippen LogP contribution in [0.4, 0.5) is 0 Å². The SMILES string of the molecule is CCCCCC/C=C\CCCCCCCC(=O)OC(COC(=O)CCC/C=C\C/C=C\C/C=C\CCCCCCCC)COP(=O)(O)OCCN(C)C. The van der Waals surface area contributed by atoms with Crippen LogP contribution >= 0.6 is 7.82 Å². The predicted octanol–water partition coefficient (Wildman–Crippen LogP) is 11.8. The minimum atomic E-state index is -4.37. The maximum atomic E-state index is 12.6. The summed E-state index contributed by atoms with van der Waals surface area (Å²) < 4.78 is 33.3. The molecule has 53 heavy (non-hydrogen) atoms. The molecule has 0 bridgehead atoms. The highest BCUT2D eigenvalue weighted by molar-refractivity contribution is 7.47. The van der Waals surface area contributed by atoms with Crippen LogP contribution in [0.5, 0.6) is 0 Å². The average Bonchev–Trinajstić information content (AvgIpc) is 3.12. The first-order chi connectivity index (χ1) is 25.7. The molecule has 2 atom stereocenters. The van der Waals surface area contributed by atoms with Gasteiger partial charge in [0.1, 0.15) is 6.61 Å². The monoisotopic (exact) mass is 768 g/mol. The molecule has 0 aliphatic rings. The number of rotatable bonds is 38. The second-order valence-corrected chi connectivity index (χ2v) is 15.6. The number of unbranched alkanes of at least 4 members (excludes halogenated alkanes) is 16. The number of carbonyl (C=O) groups is 2. The van der Waals surface area contributed by atoms with E-state index in [1.165, 1.54) is 70.6 Å². The van der Waals surface area contributed by atoms with Crippen molar-refractivity contribution in [2.24, 2.45) is 0 Å². The summed E-state index contributed by atoms with van der Waals surface area (Å²) in [4.78, 5) is 36.9. The summed E-state index contributed by atoms with van der Waals surface area (Å²) in [5.41, 5.74) is 0. The summed E-state index contributed by atoms with van der Waals surface area (Å²) >= 11 is 0. The highest BCUT2D eigenvalue weighted by Gasteiger charge is 2.26. The van der Waals surface area contributed by atoms with E-state index < -0.39 is 32.5 Å². The first-order valence-electron chi connectivity index (χ1n) is 20.9. The summed E-state index contributed by atoms with van der Waals surface area (Å²) in [5, 5.41) is 0. The number of esters is 2. The molecule has 0 aromatic heterocycles. The Morgan fingerprint density at radius 2 is 1.04 bits per heavy atom. The summed E-state index contributed by atoms with van der Waals surface area (Å²) in [6.07, 6.45) is 41.6. The largest absolute Gasteiger partial charge is 0.472 e. The van der Waals surface area contributed by atoms with Crippen LogP contribution in [0.2, 0.25) is 0 Å². The molecule has 0 rings (SSSR count). The Morgan fingerprint density at radius 1 is 0.585 bits per heavy atom. The van der Waals surface area contributed by atoms with Gasteiger partial charge in [-0.3, -0.25) is 18.6 Å². The van der Waals surface area contributed by atoms with Crippen molar-refractivity contribution in [3.05, 3.63) is 48.6 Å². The fourth-order valence-electron chi connectivity index (χ4n) is 5.34. The van der Waals surface area contributed by atoms with E-state index in [4.69, 9.17) is 18.5 Å². The summed E-state index contributed by atoms with van der Waals surface area (Å²) in [6.45, 7) is 4.22. The van der Waals surface area contributed by atoms with Crippen molar-refractivity contribution in [2.75, 3.05) is 40.5 Å². The van der Waals surface area contributed by atoms with E-state index in [0.717, 1.165) is 57.8 Å². The van der Waals surface area contributed by atoms with E-state index in [-0.39, 0.29) is 26.1 Å². The molecular formula is C43H78NO8P. The smallest absolute Gasteiger partial charge is 0.462 e. The van der Waals surface area contributed by atoms with Crippen molar-refractivity contribution >= 4 is 19.8 Å². The van der Waals surface area contributed by atoms with Gasteiger partial charge in [-0.2, -0.15) is 0 Å². The van der Waals surface area contributed by atoms with Crippen molar-refractivity contribution < 1.29 is 37.6 Å². The van der Waals surface area contributed by atoms with Crippen LogP contribution in [0.25, 0.3) is 0 Å². The molecule has 0 saturated carbocycles. The van der Waals surface area contributed by atoms with Crippen molar-refractivity contribution in [3.8, 4) is 0 Å². The van der Waals surface area contributed by atoms with Gasteiger partial charge >= 0.3 is 19.8 Å². The van der Waals surface area contributed by atoms with E-state index in [1.54, 1.807) is 0 Å². The van der Waals surface area contributed by atoms with E-state index in [1.807, 2.05) is 19.0 Å². The Bertz CT molecular complexity index is 1030.